The number of carbonyl (C=O) groups is 12. The Labute approximate surface area is 617 Å². The maximum atomic E-state index is 14.0. The van der Waals surface area contributed by atoms with Crippen molar-refractivity contribution < 1.29 is 133 Å². The number of pyridine rings is 1. The van der Waals surface area contributed by atoms with E-state index in [1.54, 1.807) is 66.0 Å². The molecule has 3 atom stereocenters. The van der Waals surface area contributed by atoms with Crippen LogP contribution in [0.3, 0.4) is 0 Å². The fourth-order valence-corrected chi connectivity index (χ4v) is 12.7. The van der Waals surface area contributed by atoms with Crippen LogP contribution in [0.5, 0.6) is 0 Å². The Morgan fingerprint density at radius 3 is 1.60 bits per heavy atom. The molecule has 1 fully saturated rings. The van der Waals surface area contributed by atoms with Crippen LogP contribution in [0.1, 0.15) is 84.5 Å². The number of aromatic amines is 1. The molecule has 1 radical (unpaired) electrons. The molecule has 0 saturated carbocycles. The van der Waals surface area contributed by atoms with E-state index in [4.69, 9.17) is 4.74 Å². The van der Waals surface area contributed by atoms with Gasteiger partial charge in [-0.2, -0.15) is 4.72 Å². The fourth-order valence-electron chi connectivity index (χ4n) is 11.0. The predicted molar refractivity (Wildman–Crippen MR) is 362 cm³/mol. The minimum absolute atomic E-state index is 0. The van der Waals surface area contributed by atoms with Crippen LogP contribution >= 0.6 is 0 Å². The number of fused-ring (bicyclic) bond motifs is 1. The summed E-state index contributed by atoms with van der Waals surface area (Å²) in [4.78, 5) is 178. The predicted octanol–water partition coefficient (Wildman–Crippen LogP) is -2.36. The topological polar surface area (TPSA) is 509 Å². The number of benzene rings is 2. The smallest absolute Gasteiger partial charge is 0.317 e. The molecule has 569 valence electrons. The number of aromatic nitrogens is 3. The second kappa shape index (κ2) is 43.4. The first-order valence-corrected chi connectivity index (χ1v) is 34.1. The Morgan fingerprint density at radius 1 is 0.608 bits per heavy atom. The number of H-pyrrole nitrogens is 1. The number of hydrogen-bond donors (Lipinski definition) is 14. The normalized spacial score (nSPS) is 14.4. The number of ether oxygens (including phenoxy) is 1. The van der Waals surface area contributed by atoms with Crippen molar-refractivity contribution in [2.24, 2.45) is 0 Å². The zero-order chi connectivity index (χ0) is 74.3. The number of nitrogens with one attached hydrogen (secondary N) is 9. The fraction of sp³-hybridized carbons (Fsp3) is 0.531. The van der Waals surface area contributed by atoms with Gasteiger partial charge in [-0.3, -0.25) is 81.9 Å². The Morgan fingerprint density at radius 2 is 1.11 bits per heavy atom. The number of Topliss-reactive ketones (excluding diaryl/α,β-unsaturated/α-hetero) is 1. The van der Waals surface area contributed by atoms with Crippen molar-refractivity contribution >= 4 is 97.9 Å². The van der Waals surface area contributed by atoms with Gasteiger partial charge in [-0.05, 0) is 75.8 Å². The number of amides is 6. The van der Waals surface area contributed by atoms with E-state index >= 15 is 0 Å². The number of rotatable bonds is 41. The molecule has 2 aromatic carbocycles. The quantitative estimate of drug-likeness (QED) is 0.0207. The van der Waals surface area contributed by atoms with Gasteiger partial charge in [0.25, 0.3) is 5.91 Å². The van der Waals surface area contributed by atoms with Gasteiger partial charge in [0.2, 0.25) is 45.0 Å². The van der Waals surface area contributed by atoms with Gasteiger partial charge in [0.15, 0.2) is 5.95 Å². The van der Waals surface area contributed by atoms with E-state index in [-0.39, 0.29) is 170 Å². The maximum Gasteiger partial charge on any atom is 0.317 e. The van der Waals surface area contributed by atoms with Gasteiger partial charge in [0.1, 0.15) is 23.4 Å². The molecule has 6 amide bonds. The van der Waals surface area contributed by atoms with Gasteiger partial charge >= 0.3 is 29.8 Å². The summed E-state index contributed by atoms with van der Waals surface area (Å²) in [5.74, 6) is -11.3. The monoisotopic (exact) mass is 1610 g/mol. The minimum Gasteiger partial charge on any atom is -0.481 e. The SMILES string of the molecule is CC(=O)C(CNC(=O)c1cn(CCCNC(=O)CCC(=O)NCCCOCCCNC(=O)[C@@H](CC(=O)O)NC(=O)[C@@H](CC(=O)O)NC(=O)CN2CCN(CC(=O)O)CCN(CC(=O)O)CCN(CC(=O)O)CC2)c2cc(CNc3ncc[nH]3)ccc2c1=O)NS(=O)(=O)c1c(C)cc(C)cc1C.[Lu]. The molecule has 5 rings (SSSR count). The van der Waals surface area contributed by atoms with Gasteiger partial charge < -0.3 is 77.0 Å². The maximum absolute atomic E-state index is 14.0. The van der Waals surface area contributed by atoms with E-state index in [9.17, 15) is 96.3 Å². The summed E-state index contributed by atoms with van der Waals surface area (Å²) in [6.07, 6.45) is 3.25. The van der Waals surface area contributed by atoms with Crippen LogP contribution in [0.15, 0.2) is 58.6 Å². The molecule has 1 aliphatic rings. The van der Waals surface area contributed by atoms with Crippen LogP contribution < -0.4 is 47.4 Å². The molecule has 1 unspecified atom stereocenters. The minimum atomic E-state index is -4.23. The Hall–Kier alpha value is -8.56. The van der Waals surface area contributed by atoms with Crippen LogP contribution in [0.4, 0.5) is 5.95 Å². The van der Waals surface area contributed by atoms with E-state index in [0.29, 0.717) is 42.0 Å². The zero-order valence-corrected chi connectivity index (χ0v) is 59.5. The van der Waals surface area contributed by atoms with E-state index in [1.165, 1.54) is 27.8 Å². The molecule has 38 heteroatoms. The van der Waals surface area contributed by atoms with Gasteiger partial charge in [-0.1, -0.05) is 23.8 Å². The average Bonchev–Trinajstić information content (AvgIpc) is 0.806. The van der Waals surface area contributed by atoms with E-state index in [2.05, 4.69) is 51.9 Å². The molecule has 1 aliphatic heterocycles. The Kier molecular flexibility index (Phi) is 36.5. The van der Waals surface area contributed by atoms with Crippen molar-refractivity contribution in [1.29, 1.82) is 0 Å². The number of anilines is 1. The van der Waals surface area contributed by atoms with E-state index in [1.807, 2.05) is 6.92 Å². The molecule has 2 aromatic heterocycles. The van der Waals surface area contributed by atoms with Crippen molar-refractivity contribution in [1.82, 2.24) is 70.8 Å². The number of carboxylic acid groups (broad SMARTS) is 5. The number of imidazole rings is 1. The summed E-state index contributed by atoms with van der Waals surface area (Å²) >= 11 is 0. The standard InChI is InChI=1S/C64H91N15O21S.Lu/c1-40-28-41(2)60(42(3)29-40)101(98,99)74-49(43(4)80)34-70-61(95)46-35-79(50-30-44(8-9-45(50)59(46)94)33-71-64-68-15-16-69-64)17-5-12-65-51(81)10-11-52(82)66-13-6-26-100-27-7-14-67-62(96)47(31-54(84)85)73-63(97)48(32-55(86)87)72-53(83)36-75-18-20-76(37-56(88)89)22-24-78(39-58(92)93)25-23-77(21-19-75)38-57(90)91;/h8-9,15-16,28-30,35,47-49,74H,5-7,10-14,17-27,31-34,36-39H2,1-4H3,(H,65,81)(H,66,82)(H,67,96)(H,70,95)(H,72,83)(H,73,97)(H,84,85)(H,86,87)(H,88,89)(H,90,91)(H,92,93)(H2,68,69,71);/t47-,48-,49?;/m1./s1. The first-order chi connectivity index (χ1) is 47.9. The number of carboxylic acids is 5. The van der Waals surface area contributed by atoms with Crippen LogP contribution in [0.2, 0.25) is 0 Å². The molecule has 3 heterocycles. The zero-order valence-electron chi connectivity index (χ0n) is 57.1. The summed E-state index contributed by atoms with van der Waals surface area (Å²) in [6, 6.07) is 3.55. The summed E-state index contributed by atoms with van der Waals surface area (Å²) in [5, 5.41) is 66.1. The number of aliphatic carboxylic acids is 5. The molecule has 4 aromatic rings. The molecule has 36 nitrogen and oxygen atoms in total. The third-order valence-corrected chi connectivity index (χ3v) is 17.7. The van der Waals surface area contributed by atoms with Crippen molar-refractivity contribution in [3.63, 3.8) is 0 Å². The van der Waals surface area contributed by atoms with Crippen LogP contribution in [-0.4, -0.2) is 275 Å². The van der Waals surface area contributed by atoms with Crippen molar-refractivity contribution in [3.05, 3.63) is 87.0 Å². The number of ketones is 1. The molecule has 0 aliphatic carbocycles. The van der Waals surface area contributed by atoms with Crippen molar-refractivity contribution in [2.45, 2.75) is 109 Å². The van der Waals surface area contributed by atoms with E-state index < -0.39 is 144 Å². The van der Waals surface area contributed by atoms with Gasteiger partial charge in [-0.25, -0.2) is 13.4 Å². The molecule has 102 heavy (non-hydrogen) atoms. The number of nitrogens with zero attached hydrogens (tertiary/aromatic N) is 6. The number of aryl methyl sites for hydroxylation is 4. The number of sulfonamides is 1. The van der Waals surface area contributed by atoms with Gasteiger partial charge in [0, 0.05) is 179 Å². The van der Waals surface area contributed by atoms with Gasteiger partial charge in [-0.15, -0.1) is 0 Å². The first kappa shape index (κ1) is 85.9. The molecular weight excluding hydrogens is 1520 g/mol. The molecule has 1 saturated heterocycles. The third kappa shape index (κ3) is 30.6. The van der Waals surface area contributed by atoms with Crippen molar-refractivity contribution in [3.8, 4) is 0 Å². The molecule has 0 bridgehead atoms. The van der Waals surface area contributed by atoms with Gasteiger partial charge in [0.05, 0.1) is 55.5 Å². The Balaban J connectivity index is 0.0000220. The summed E-state index contributed by atoms with van der Waals surface area (Å²) in [5.41, 5.74) is 2.12. The second-order valence-electron chi connectivity index (χ2n) is 24.3. The average molecular weight is 1610 g/mol. The summed E-state index contributed by atoms with van der Waals surface area (Å²) < 4.78 is 36.8. The number of hydrogen-bond acceptors (Lipinski definition) is 22. The first-order valence-electron chi connectivity index (χ1n) is 32.6. The Bertz CT molecular complexity index is 3710. The molecular formula is C64H91LuN15O21S. The molecule has 0 spiro atoms. The van der Waals surface area contributed by atoms with Crippen LogP contribution in [0, 0.1) is 57.6 Å². The van der Waals surface area contributed by atoms with Crippen LogP contribution in [0.25, 0.3) is 10.9 Å². The number of carbonyl (C=O) groups excluding carboxylic acids is 7. The van der Waals surface area contributed by atoms with Crippen LogP contribution in [-0.2, 0) is 80.6 Å². The summed E-state index contributed by atoms with van der Waals surface area (Å²) in [7, 11) is -4.23. The largest absolute Gasteiger partial charge is 0.481 e. The van der Waals surface area contributed by atoms with Crippen molar-refractivity contribution in [2.75, 3.05) is 123 Å². The summed E-state index contributed by atoms with van der Waals surface area (Å²) in [6.45, 7) is 5.70. The van der Waals surface area contributed by atoms with E-state index in [0.717, 1.165) is 11.1 Å². The third-order valence-electron chi connectivity index (χ3n) is 15.9. The second-order valence-corrected chi connectivity index (χ2v) is 25.9. The molecule has 14 N–H and O–H groups in total.